The maximum absolute atomic E-state index is 14.1. The van der Waals surface area contributed by atoms with E-state index in [1.807, 2.05) is 0 Å². The minimum atomic E-state index is -0.275. The van der Waals surface area contributed by atoms with Crippen molar-refractivity contribution < 1.29 is 14.0 Å². The highest BCUT2D eigenvalue weighted by Gasteiger charge is 2.36. The summed E-state index contributed by atoms with van der Waals surface area (Å²) in [5, 5.41) is 2.99. The number of nitrogens with one attached hydrogen (secondary N) is 1. The van der Waals surface area contributed by atoms with E-state index in [-0.39, 0.29) is 36.8 Å². The molecular weight excluding hydrogens is 297 g/mol. The van der Waals surface area contributed by atoms with Crippen LogP contribution in [0.1, 0.15) is 24.9 Å². The largest absolute Gasteiger partial charge is 0.334 e. The normalized spacial score (nSPS) is 25.0. The van der Waals surface area contributed by atoms with E-state index in [1.54, 1.807) is 28.0 Å². The van der Waals surface area contributed by atoms with Gasteiger partial charge in [0.25, 0.3) is 0 Å². The van der Waals surface area contributed by atoms with E-state index < -0.39 is 0 Å². The predicted molar refractivity (Wildman–Crippen MR) is 84.1 cm³/mol. The van der Waals surface area contributed by atoms with Gasteiger partial charge in [-0.25, -0.2) is 4.39 Å². The summed E-state index contributed by atoms with van der Waals surface area (Å²) in [7, 11) is 0. The topological polar surface area (TPSA) is 52.7 Å². The number of piperazine rings is 1. The van der Waals surface area contributed by atoms with Crippen molar-refractivity contribution in [2.24, 2.45) is 5.92 Å². The summed E-state index contributed by atoms with van der Waals surface area (Å²) in [4.78, 5) is 27.9. The number of hydrogen-bond donors (Lipinski definition) is 1. The lowest BCUT2D eigenvalue weighted by atomic mass is 10.0. The molecule has 2 saturated heterocycles. The highest BCUT2D eigenvalue weighted by molar-refractivity contribution is 5.86. The molecule has 2 aliphatic heterocycles. The maximum atomic E-state index is 14.1. The van der Waals surface area contributed by atoms with Crippen molar-refractivity contribution in [3.63, 3.8) is 0 Å². The molecule has 23 heavy (non-hydrogen) atoms. The molecule has 124 valence electrons. The van der Waals surface area contributed by atoms with Gasteiger partial charge in [-0.1, -0.05) is 25.1 Å². The summed E-state index contributed by atoms with van der Waals surface area (Å²) < 4.78 is 14.1. The molecule has 3 rings (SSSR count). The fourth-order valence-corrected chi connectivity index (χ4v) is 3.43. The van der Waals surface area contributed by atoms with E-state index in [0.29, 0.717) is 31.1 Å². The first-order chi connectivity index (χ1) is 11.1. The van der Waals surface area contributed by atoms with Crippen LogP contribution in [0.2, 0.25) is 0 Å². The van der Waals surface area contributed by atoms with Crippen molar-refractivity contribution in [2.75, 3.05) is 32.7 Å². The van der Waals surface area contributed by atoms with Crippen LogP contribution in [0.5, 0.6) is 0 Å². The predicted octanol–water partition coefficient (Wildman–Crippen LogP) is 1.17. The van der Waals surface area contributed by atoms with Crippen molar-refractivity contribution in [3.8, 4) is 0 Å². The van der Waals surface area contributed by atoms with Crippen LogP contribution in [-0.2, 0) is 9.59 Å². The third-order valence-electron chi connectivity index (χ3n) is 4.61. The molecule has 0 spiro atoms. The third-order valence-corrected chi connectivity index (χ3v) is 4.61. The molecule has 0 aliphatic carbocycles. The quantitative estimate of drug-likeness (QED) is 0.910. The first-order valence-corrected chi connectivity index (χ1v) is 8.08. The van der Waals surface area contributed by atoms with Crippen molar-refractivity contribution in [1.82, 2.24) is 15.1 Å². The first kappa shape index (κ1) is 15.9. The van der Waals surface area contributed by atoms with Crippen LogP contribution in [0.4, 0.5) is 4.39 Å². The van der Waals surface area contributed by atoms with Gasteiger partial charge in [-0.05, 0) is 18.4 Å². The Labute approximate surface area is 135 Å². The van der Waals surface area contributed by atoms with Crippen LogP contribution in [-0.4, -0.2) is 54.3 Å². The van der Waals surface area contributed by atoms with E-state index in [0.717, 1.165) is 6.42 Å². The Bertz CT molecular complexity index is 607. The molecule has 0 radical (unpaired) electrons. The van der Waals surface area contributed by atoms with Gasteiger partial charge >= 0.3 is 0 Å². The molecule has 2 heterocycles. The molecule has 5 nitrogen and oxygen atoms in total. The van der Waals surface area contributed by atoms with Crippen molar-refractivity contribution >= 4 is 11.8 Å². The molecule has 1 aromatic rings. The van der Waals surface area contributed by atoms with Gasteiger partial charge in [0.1, 0.15) is 5.82 Å². The minimum absolute atomic E-state index is 0.0562. The van der Waals surface area contributed by atoms with Gasteiger partial charge in [-0.2, -0.15) is 0 Å². The fraction of sp³-hybridized carbons (Fsp3) is 0.529. The number of carbonyl (C=O) groups is 2. The highest BCUT2D eigenvalue weighted by atomic mass is 19.1. The van der Waals surface area contributed by atoms with Crippen molar-refractivity contribution in [1.29, 1.82) is 0 Å². The Morgan fingerprint density at radius 1 is 1.39 bits per heavy atom. The first-order valence-electron chi connectivity index (χ1n) is 8.08. The molecule has 0 saturated carbocycles. The second kappa shape index (κ2) is 6.66. The molecule has 2 aliphatic rings. The molecule has 1 aromatic carbocycles. The number of likely N-dealkylation sites (tertiary alicyclic amines) is 1. The Balaban J connectivity index is 1.75. The summed E-state index contributed by atoms with van der Waals surface area (Å²) in [6, 6.07) is 6.39. The molecular formula is C17H22FN3O2. The molecule has 2 fully saturated rings. The van der Waals surface area contributed by atoms with E-state index in [9.17, 15) is 14.0 Å². The SMILES string of the molecule is C[C@@H]1C[C@H](c2ccccc2F)N(C(=O)CN2CCNCC2=O)C1. The summed E-state index contributed by atoms with van der Waals surface area (Å²) in [6.45, 7) is 4.28. The lowest BCUT2D eigenvalue weighted by Crippen LogP contribution is -2.51. The molecule has 2 atom stereocenters. The molecule has 0 bridgehead atoms. The highest BCUT2D eigenvalue weighted by Crippen LogP contribution is 2.36. The number of nitrogens with zero attached hydrogens (tertiary/aromatic N) is 2. The molecule has 1 N–H and O–H groups in total. The van der Waals surface area contributed by atoms with Crippen LogP contribution in [0.15, 0.2) is 24.3 Å². The van der Waals surface area contributed by atoms with Crippen molar-refractivity contribution in [3.05, 3.63) is 35.6 Å². The minimum Gasteiger partial charge on any atom is -0.334 e. The maximum Gasteiger partial charge on any atom is 0.242 e. The Hall–Kier alpha value is -1.95. The average Bonchev–Trinajstić information content (AvgIpc) is 2.92. The van der Waals surface area contributed by atoms with Crippen molar-refractivity contribution in [2.45, 2.75) is 19.4 Å². The van der Waals surface area contributed by atoms with Gasteiger partial charge in [0.2, 0.25) is 11.8 Å². The molecule has 0 unspecified atom stereocenters. The number of amides is 2. The summed E-state index contributed by atoms with van der Waals surface area (Å²) in [5.41, 5.74) is 0.567. The smallest absolute Gasteiger partial charge is 0.242 e. The van der Waals surface area contributed by atoms with Crippen LogP contribution in [0, 0.1) is 11.7 Å². The standard InChI is InChI=1S/C17H22FN3O2/c1-12-8-15(13-4-2-3-5-14(13)18)21(10-12)17(23)11-20-7-6-19-9-16(20)22/h2-5,12,15,19H,6-11H2,1H3/t12-,15-/m1/s1. The number of benzene rings is 1. The Kier molecular flexibility index (Phi) is 4.61. The number of halogens is 1. The summed E-state index contributed by atoms with van der Waals surface area (Å²) in [5.74, 6) is -0.109. The van der Waals surface area contributed by atoms with Gasteiger partial charge in [0.15, 0.2) is 0 Å². The zero-order valence-corrected chi connectivity index (χ0v) is 13.3. The zero-order chi connectivity index (χ0) is 16.4. The van der Waals surface area contributed by atoms with Gasteiger partial charge in [0, 0.05) is 25.2 Å². The van der Waals surface area contributed by atoms with Crippen LogP contribution < -0.4 is 5.32 Å². The van der Waals surface area contributed by atoms with E-state index in [2.05, 4.69) is 12.2 Å². The van der Waals surface area contributed by atoms with Crippen LogP contribution >= 0.6 is 0 Å². The monoisotopic (exact) mass is 319 g/mol. The van der Waals surface area contributed by atoms with Gasteiger partial charge in [-0.15, -0.1) is 0 Å². The molecule has 0 aromatic heterocycles. The lowest BCUT2D eigenvalue weighted by Gasteiger charge is -2.31. The zero-order valence-electron chi connectivity index (χ0n) is 13.3. The van der Waals surface area contributed by atoms with Gasteiger partial charge in [-0.3, -0.25) is 9.59 Å². The van der Waals surface area contributed by atoms with E-state index >= 15 is 0 Å². The van der Waals surface area contributed by atoms with E-state index in [4.69, 9.17) is 0 Å². The third kappa shape index (κ3) is 3.37. The fourth-order valence-electron chi connectivity index (χ4n) is 3.43. The van der Waals surface area contributed by atoms with Gasteiger partial charge < -0.3 is 15.1 Å². The second-order valence-electron chi connectivity index (χ2n) is 6.42. The number of carbonyl (C=O) groups excluding carboxylic acids is 2. The Morgan fingerprint density at radius 2 is 2.17 bits per heavy atom. The molecule has 2 amide bonds. The van der Waals surface area contributed by atoms with Crippen LogP contribution in [0.25, 0.3) is 0 Å². The number of rotatable bonds is 3. The van der Waals surface area contributed by atoms with Crippen LogP contribution in [0.3, 0.4) is 0 Å². The Morgan fingerprint density at radius 3 is 2.91 bits per heavy atom. The van der Waals surface area contributed by atoms with E-state index in [1.165, 1.54) is 6.07 Å². The molecule has 6 heteroatoms. The summed E-state index contributed by atoms with van der Waals surface area (Å²) in [6.07, 6.45) is 0.752. The van der Waals surface area contributed by atoms with Gasteiger partial charge in [0.05, 0.1) is 19.1 Å². The summed E-state index contributed by atoms with van der Waals surface area (Å²) >= 11 is 0. The lowest BCUT2D eigenvalue weighted by molar-refractivity contribution is -0.141. The average molecular weight is 319 g/mol. The number of hydrogen-bond acceptors (Lipinski definition) is 3. The second-order valence-corrected chi connectivity index (χ2v) is 6.42.